The molecule has 3 aromatic rings. The Morgan fingerprint density at radius 1 is 1.03 bits per heavy atom. The Labute approximate surface area is 172 Å². The largest absolute Gasteiger partial charge is 0.382 e. The fourth-order valence-electron chi connectivity index (χ4n) is 3.02. The summed E-state index contributed by atoms with van der Waals surface area (Å²) in [6, 6.07) is 16.8. The van der Waals surface area contributed by atoms with Gasteiger partial charge in [-0.3, -0.25) is 0 Å². The molecule has 0 aliphatic heterocycles. The third-order valence-electron chi connectivity index (χ3n) is 4.80. The first-order chi connectivity index (χ1) is 13.8. The van der Waals surface area contributed by atoms with Gasteiger partial charge < -0.3 is 10.6 Å². The number of hydrogen-bond acceptors (Lipinski definition) is 6. The van der Waals surface area contributed by atoms with Gasteiger partial charge in [0.05, 0.1) is 11.1 Å². The summed E-state index contributed by atoms with van der Waals surface area (Å²) < 4.78 is 26.0. The van der Waals surface area contributed by atoms with Crippen molar-refractivity contribution < 1.29 is 8.42 Å². The van der Waals surface area contributed by atoms with Crippen LogP contribution in [-0.4, -0.2) is 24.9 Å². The summed E-state index contributed by atoms with van der Waals surface area (Å²) in [6.45, 7) is 7.38. The van der Waals surface area contributed by atoms with Gasteiger partial charge in [-0.05, 0) is 36.1 Å². The van der Waals surface area contributed by atoms with Gasteiger partial charge in [0, 0.05) is 13.1 Å². The molecule has 3 rings (SSSR count). The first kappa shape index (κ1) is 20.8. The van der Waals surface area contributed by atoms with Crippen LogP contribution in [0.4, 0.5) is 11.8 Å². The zero-order valence-corrected chi connectivity index (χ0v) is 17.7. The van der Waals surface area contributed by atoms with Crippen molar-refractivity contribution in [1.29, 1.82) is 0 Å². The van der Waals surface area contributed by atoms with E-state index in [1.54, 1.807) is 12.1 Å². The number of sulfone groups is 1. The first-order valence-corrected chi connectivity index (χ1v) is 11.1. The molecule has 0 spiro atoms. The fourth-order valence-corrected chi connectivity index (χ4v) is 4.28. The molecule has 0 unspecified atom stereocenters. The molecule has 1 heterocycles. The van der Waals surface area contributed by atoms with Crippen molar-refractivity contribution in [2.24, 2.45) is 0 Å². The lowest BCUT2D eigenvalue weighted by Crippen LogP contribution is -2.25. The van der Waals surface area contributed by atoms with Crippen molar-refractivity contribution in [1.82, 2.24) is 9.97 Å². The van der Waals surface area contributed by atoms with Gasteiger partial charge in [0.2, 0.25) is 15.8 Å². The molecule has 0 aliphatic rings. The van der Waals surface area contributed by atoms with E-state index >= 15 is 0 Å². The highest BCUT2D eigenvalue weighted by Gasteiger charge is 2.23. The number of nitrogen functional groups attached to an aromatic ring is 1. The third kappa shape index (κ3) is 4.56. The molecule has 6 nitrogen and oxygen atoms in total. The average molecular weight is 411 g/mol. The van der Waals surface area contributed by atoms with Gasteiger partial charge in [0.15, 0.2) is 0 Å². The lowest BCUT2D eigenvalue weighted by Gasteiger charge is -2.21. The molecule has 0 fully saturated rings. The summed E-state index contributed by atoms with van der Waals surface area (Å²) in [5, 5.41) is 0. The van der Waals surface area contributed by atoms with Gasteiger partial charge in [-0.15, -0.1) is 0 Å². The van der Waals surface area contributed by atoms with Gasteiger partial charge in [0.1, 0.15) is 10.7 Å². The molecular weight excluding hydrogens is 384 g/mol. The highest BCUT2D eigenvalue weighted by atomic mass is 32.2. The van der Waals surface area contributed by atoms with Crippen molar-refractivity contribution in [2.75, 3.05) is 17.2 Å². The summed E-state index contributed by atoms with van der Waals surface area (Å²) >= 11 is 0. The van der Waals surface area contributed by atoms with Crippen molar-refractivity contribution in [3.8, 4) is 0 Å². The average Bonchev–Trinajstić information content (AvgIpc) is 2.72. The van der Waals surface area contributed by atoms with Crippen LogP contribution < -0.4 is 10.6 Å². The second-order valence-electron chi connectivity index (χ2n) is 7.15. The summed E-state index contributed by atoms with van der Waals surface area (Å²) in [6.07, 6.45) is 1.30. The van der Waals surface area contributed by atoms with Crippen LogP contribution in [0.5, 0.6) is 0 Å². The summed E-state index contributed by atoms with van der Waals surface area (Å²) in [5.74, 6) is 0.682. The molecule has 152 valence electrons. The Bertz CT molecular complexity index is 1070. The lowest BCUT2D eigenvalue weighted by molar-refractivity contribution is 0.595. The maximum atomic E-state index is 13.0. The van der Waals surface area contributed by atoms with E-state index in [0.29, 0.717) is 25.0 Å². The van der Waals surface area contributed by atoms with E-state index in [1.807, 2.05) is 54.3 Å². The maximum absolute atomic E-state index is 13.0. The van der Waals surface area contributed by atoms with Crippen molar-refractivity contribution in [3.63, 3.8) is 0 Å². The van der Waals surface area contributed by atoms with Crippen LogP contribution in [0.3, 0.4) is 0 Å². The van der Waals surface area contributed by atoms with E-state index in [1.165, 1.54) is 6.20 Å². The van der Waals surface area contributed by atoms with E-state index in [-0.39, 0.29) is 15.6 Å². The number of aromatic nitrogens is 2. The Morgan fingerprint density at radius 3 is 2.24 bits per heavy atom. The SMILES string of the molecule is CCN(Cc1ccccc1)c1ncc(S(=O)(=O)c2ccc(C(C)C)cc2)c(N)n1. The van der Waals surface area contributed by atoms with Gasteiger partial charge in [0.25, 0.3) is 0 Å². The normalized spacial score (nSPS) is 11.6. The van der Waals surface area contributed by atoms with E-state index in [4.69, 9.17) is 5.73 Å². The molecule has 0 bridgehead atoms. The predicted molar refractivity (Wildman–Crippen MR) is 116 cm³/mol. The summed E-state index contributed by atoms with van der Waals surface area (Å²) in [7, 11) is -3.79. The smallest absolute Gasteiger partial charge is 0.227 e. The minimum absolute atomic E-state index is 0.0468. The van der Waals surface area contributed by atoms with Crippen LogP contribution in [0.15, 0.2) is 70.6 Å². The third-order valence-corrected chi connectivity index (χ3v) is 6.58. The second-order valence-corrected chi connectivity index (χ2v) is 9.06. The molecular formula is C22H26N4O2S. The Hall–Kier alpha value is -2.93. The molecule has 2 aromatic carbocycles. The quantitative estimate of drug-likeness (QED) is 0.632. The molecule has 0 saturated carbocycles. The highest BCUT2D eigenvalue weighted by molar-refractivity contribution is 7.91. The molecule has 29 heavy (non-hydrogen) atoms. The maximum Gasteiger partial charge on any atom is 0.227 e. The predicted octanol–water partition coefficient (Wildman–Crippen LogP) is 4.04. The zero-order chi connectivity index (χ0) is 21.0. The molecule has 0 amide bonds. The van der Waals surface area contributed by atoms with E-state index in [9.17, 15) is 8.42 Å². The topological polar surface area (TPSA) is 89.2 Å². The van der Waals surface area contributed by atoms with E-state index in [0.717, 1.165) is 11.1 Å². The van der Waals surface area contributed by atoms with Crippen LogP contribution in [0.25, 0.3) is 0 Å². The fraction of sp³-hybridized carbons (Fsp3) is 0.273. The molecule has 0 saturated heterocycles. The number of nitrogens with zero attached hydrogens (tertiary/aromatic N) is 3. The molecule has 0 atom stereocenters. The standard InChI is InChI=1S/C22H26N4O2S/c1-4-26(15-17-8-6-5-7-9-17)22-24-14-20(21(23)25-22)29(27,28)19-12-10-18(11-13-19)16(2)3/h5-14,16H,4,15H2,1-3H3,(H2,23,24,25). The van der Waals surface area contributed by atoms with Crippen molar-refractivity contribution in [2.45, 2.75) is 43.0 Å². The van der Waals surface area contributed by atoms with Crippen LogP contribution in [0.1, 0.15) is 37.8 Å². The Kier molecular flexibility index (Phi) is 6.17. The minimum atomic E-state index is -3.79. The van der Waals surface area contributed by atoms with Gasteiger partial charge in [-0.2, -0.15) is 4.98 Å². The van der Waals surface area contributed by atoms with Gasteiger partial charge in [-0.1, -0.05) is 56.3 Å². The monoisotopic (exact) mass is 410 g/mol. The molecule has 0 aliphatic carbocycles. The molecule has 2 N–H and O–H groups in total. The van der Waals surface area contributed by atoms with Crippen LogP contribution in [0.2, 0.25) is 0 Å². The summed E-state index contributed by atoms with van der Waals surface area (Å²) in [4.78, 5) is 10.6. The van der Waals surface area contributed by atoms with Crippen LogP contribution >= 0.6 is 0 Å². The van der Waals surface area contributed by atoms with Crippen molar-refractivity contribution >= 4 is 21.6 Å². The number of hydrogen-bond donors (Lipinski definition) is 1. The molecule has 1 aromatic heterocycles. The molecule has 7 heteroatoms. The zero-order valence-electron chi connectivity index (χ0n) is 16.9. The van der Waals surface area contributed by atoms with Gasteiger partial charge >= 0.3 is 0 Å². The Morgan fingerprint density at radius 2 is 1.69 bits per heavy atom. The number of benzene rings is 2. The lowest BCUT2D eigenvalue weighted by atomic mass is 10.0. The van der Waals surface area contributed by atoms with E-state index in [2.05, 4.69) is 23.8 Å². The van der Waals surface area contributed by atoms with E-state index < -0.39 is 9.84 Å². The van der Waals surface area contributed by atoms with Crippen molar-refractivity contribution in [3.05, 3.63) is 71.9 Å². The number of rotatable bonds is 7. The highest BCUT2D eigenvalue weighted by Crippen LogP contribution is 2.27. The summed E-state index contributed by atoms with van der Waals surface area (Å²) in [5.41, 5.74) is 8.23. The number of nitrogens with two attached hydrogens (primary N) is 1. The van der Waals surface area contributed by atoms with Crippen LogP contribution in [-0.2, 0) is 16.4 Å². The second kappa shape index (κ2) is 8.61. The molecule has 0 radical (unpaired) electrons. The minimum Gasteiger partial charge on any atom is -0.382 e. The van der Waals surface area contributed by atoms with Gasteiger partial charge in [-0.25, -0.2) is 13.4 Å². The van der Waals surface area contributed by atoms with Crippen LogP contribution in [0, 0.1) is 0 Å². The Balaban J connectivity index is 1.89. The number of anilines is 2. The first-order valence-electron chi connectivity index (χ1n) is 9.59.